The van der Waals surface area contributed by atoms with E-state index in [-0.39, 0.29) is 24.9 Å². The van der Waals surface area contributed by atoms with E-state index in [9.17, 15) is 18.0 Å². The summed E-state index contributed by atoms with van der Waals surface area (Å²) in [6.07, 6.45) is -3.22. The van der Waals surface area contributed by atoms with Crippen LogP contribution in [-0.2, 0) is 21.1 Å². The van der Waals surface area contributed by atoms with Gasteiger partial charge in [0.1, 0.15) is 0 Å². The molecule has 1 aromatic carbocycles. The van der Waals surface area contributed by atoms with Crippen molar-refractivity contribution in [3.8, 4) is 0 Å². The lowest BCUT2D eigenvalue weighted by Crippen LogP contribution is -2.46. The minimum atomic E-state index is -4.38. The Hall–Kier alpha value is -1.31. The lowest BCUT2D eigenvalue weighted by Gasteiger charge is -2.38. The molecule has 0 atom stereocenters. The Morgan fingerprint density at radius 3 is 2.54 bits per heavy atom. The molecule has 1 aromatic rings. The zero-order valence-corrected chi connectivity index (χ0v) is 14.2. The molecule has 24 heavy (non-hydrogen) atoms. The van der Waals surface area contributed by atoms with Crippen molar-refractivity contribution in [1.82, 2.24) is 10.6 Å². The Labute approximate surface area is 145 Å². The van der Waals surface area contributed by atoms with Crippen LogP contribution in [0.1, 0.15) is 24.0 Å². The number of amides is 1. The van der Waals surface area contributed by atoms with Crippen molar-refractivity contribution in [1.29, 1.82) is 0 Å². The number of halogens is 4. The van der Waals surface area contributed by atoms with E-state index in [4.69, 9.17) is 4.74 Å². The number of ether oxygens (including phenoxy) is 1. The van der Waals surface area contributed by atoms with Crippen molar-refractivity contribution < 1.29 is 22.7 Å². The smallest absolute Gasteiger partial charge is 0.381 e. The third kappa shape index (κ3) is 5.09. The molecule has 0 bridgehead atoms. The van der Waals surface area contributed by atoms with Crippen molar-refractivity contribution in [3.63, 3.8) is 0 Å². The fraction of sp³-hybridized carbons (Fsp3) is 0.562. The maximum atomic E-state index is 13.0. The maximum absolute atomic E-state index is 13.0. The zero-order chi connectivity index (χ0) is 16.9. The second-order valence-electron chi connectivity index (χ2n) is 5.78. The van der Waals surface area contributed by atoms with Crippen molar-refractivity contribution in [2.24, 2.45) is 0 Å². The van der Waals surface area contributed by atoms with E-state index in [1.807, 2.05) is 0 Å². The molecule has 4 nitrogen and oxygen atoms in total. The molecule has 0 unspecified atom stereocenters. The molecule has 0 radical (unpaired) electrons. The minimum Gasteiger partial charge on any atom is -0.381 e. The summed E-state index contributed by atoms with van der Waals surface area (Å²) in [5.74, 6) is -0.176. The number of alkyl halides is 3. The Bertz CT molecular complexity index is 546. The fourth-order valence-corrected chi connectivity index (χ4v) is 2.85. The SMILES string of the molecule is CNCC(=O)NCC1(c2cccc(C(F)(F)F)c2)CCOCC1.Cl. The Balaban J connectivity index is 0.00000288. The monoisotopic (exact) mass is 366 g/mol. The molecule has 1 saturated heterocycles. The highest BCUT2D eigenvalue weighted by Crippen LogP contribution is 2.37. The molecule has 2 rings (SSSR count). The summed E-state index contributed by atoms with van der Waals surface area (Å²) in [5.41, 5.74) is -0.592. The Morgan fingerprint density at radius 1 is 1.29 bits per heavy atom. The Kier molecular flexibility index (Phi) is 7.51. The van der Waals surface area contributed by atoms with Crippen molar-refractivity contribution >= 4 is 18.3 Å². The number of hydrogen-bond acceptors (Lipinski definition) is 3. The van der Waals surface area contributed by atoms with E-state index in [0.717, 1.165) is 6.07 Å². The van der Waals surface area contributed by atoms with Crippen LogP contribution in [0.4, 0.5) is 13.2 Å². The quantitative estimate of drug-likeness (QED) is 0.842. The van der Waals surface area contributed by atoms with E-state index < -0.39 is 17.2 Å². The standard InChI is InChI=1S/C16H21F3N2O2.ClH/c1-20-10-14(22)21-11-15(5-7-23-8-6-15)12-3-2-4-13(9-12)16(17,18)19;/h2-4,9,20H,5-8,10-11H2,1H3,(H,21,22);1H. The first-order valence-corrected chi connectivity index (χ1v) is 7.54. The van der Waals surface area contributed by atoms with Crippen molar-refractivity contribution in [2.45, 2.75) is 24.4 Å². The lowest BCUT2D eigenvalue weighted by molar-refractivity contribution is -0.137. The minimum absolute atomic E-state index is 0. The van der Waals surface area contributed by atoms with Gasteiger partial charge in [0.2, 0.25) is 5.91 Å². The van der Waals surface area contributed by atoms with E-state index in [1.54, 1.807) is 13.1 Å². The zero-order valence-electron chi connectivity index (χ0n) is 13.4. The van der Waals surface area contributed by atoms with Crippen LogP contribution < -0.4 is 10.6 Å². The van der Waals surface area contributed by atoms with Gasteiger partial charge in [0, 0.05) is 25.2 Å². The summed E-state index contributed by atoms with van der Waals surface area (Å²) in [6, 6.07) is 5.38. The number of benzene rings is 1. The van der Waals surface area contributed by atoms with Gasteiger partial charge in [-0.25, -0.2) is 0 Å². The van der Waals surface area contributed by atoms with Gasteiger partial charge in [-0.05, 0) is 31.5 Å². The summed E-state index contributed by atoms with van der Waals surface area (Å²) >= 11 is 0. The summed E-state index contributed by atoms with van der Waals surface area (Å²) in [5, 5.41) is 5.56. The van der Waals surface area contributed by atoms with Gasteiger partial charge in [0.15, 0.2) is 0 Å². The normalized spacial score (nSPS) is 17.0. The van der Waals surface area contributed by atoms with Crippen LogP contribution in [0, 0.1) is 0 Å². The second kappa shape index (κ2) is 8.69. The topological polar surface area (TPSA) is 50.4 Å². The molecule has 136 valence electrons. The molecule has 0 saturated carbocycles. The van der Waals surface area contributed by atoms with Crippen LogP contribution in [-0.4, -0.2) is 39.3 Å². The highest BCUT2D eigenvalue weighted by atomic mass is 35.5. The third-order valence-electron chi connectivity index (χ3n) is 4.21. The van der Waals surface area contributed by atoms with Gasteiger partial charge in [-0.1, -0.05) is 18.2 Å². The van der Waals surface area contributed by atoms with Crippen molar-refractivity contribution in [3.05, 3.63) is 35.4 Å². The van der Waals surface area contributed by atoms with Crippen LogP contribution >= 0.6 is 12.4 Å². The van der Waals surface area contributed by atoms with Gasteiger partial charge in [-0.3, -0.25) is 4.79 Å². The molecule has 2 N–H and O–H groups in total. The summed E-state index contributed by atoms with van der Waals surface area (Å²) in [4.78, 5) is 11.7. The van der Waals surface area contributed by atoms with E-state index in [0.29, 0.717) is 38.2 Å². The lowest BCUT2D eigenvalue weighted by atomic mass is 9.73. The molecule has 1 heterocycles. The van der Waals surface area contributed by atoms with E-state index >= 15 is 0 Å². The van der Waals surface area contributed by atoms with Crippen molar-refractivity contribution in [2.75, 3.05) is 33.4 Å². The second-order valence-corrected chi connectivity index (χ2v) is 5.78. The van der Waals surface area contributed by atoms with Gasteiger partial charge >= 0.3 is 6.18 Å². The van der Waals surface area contributed by atoms with Gasteiger partial charge in [-0.15, -0.1) is 12.4 Å². The first-order chi connectivity index (χ1) is 10.9. The number of nitrogens with one attached hydrogen (secondary N) is 2. The van der Waals surface area contributed by atoms with Gasteiger partial charge in [0.05, 0.1) is 12.1 Å². The average Bonchev–Trinajstić information content (AvgIpc) is 2.53. The molecular formula is C16H22ClF3N2O2. The molecule has 0 aliphatic carbocycles. The predicted octanol–water partition coefficient (Wildman–Crippen LogP) is 2.51. The summed E-state index contributed by atoms with van der Waals surface area (Å²) in [7, 11) is 1.66. The highest BCUT2D eigenvalue weighted by molar-refractivity contribution is 5.85. The fourth-order valence-electron chi connectivity index (χ4n) is 2.85. The molecule has 1 amide bonds. The molecule has 0 spiro atoms. The number of carbonyl (C=O) groups is 1. The number of likely N-dealkylation sites (N-methyl/N-ethyl adjacent to an activating group) is 1. The molecule has 0 aromatic heterocycles. The molecule has 1 fully saturated rings. The summed E-state index contributed by atoms with van der Waals surface area (Å²) < 4.78 is 44.3. The van der Waals surface area contributed by atoms with Gasteiger partial charge in [0.25, 0.3) is 0 Å². The number of rotatable bonds is 5. The van der Waals surface area contributed by atoms with Crippen LogP contribution in [0.25, 0.3) is 0 Å². The highest BCUT2D eigenvalue weighted by Gasteiger charge is 2.37. The maximum Gasteiger partial charge on any atom is 0.416 e. The molecule has 1 aliphatic heterocycles. The van der Waals surface area contributed by atoms with Crippen LogP contribution in [0.2, 0.25) is 0 Å². The van der Waals surface area contributed by atoms with Gasteiger partial charge < -0.3 is 15.4 Å². The largest absolute Gasteiger partial charge is 0.416 e. The van der Waals surface area contributed by atoms with E-state index in [1.165, 1.54) is 12.1 Å². The average molecular weight is 367 g/mol. The van der Waals surface area contributed by atoms with Crippen LogP contribution in [0.3, 0.4) is 0 Å². The molecular weight excluding hydrogens is 345 g/mol. The first-order valence-electron chi connectivity index (χ1n) is 7.54. The summed E-state index contributed by atoms with van der Waals surface area (Å²) in [6.45, 7) is 1.42. The number of carbonyl (C=O) groups excluding carboxylic acids is 1. The number of hydrogen-bond donors (Lipinski definition) is 2. The van der Waals surface area contributed by atoms with E-state index in [2.05, 4.69) is 10.6 Å². The van der Waals surface area contributed by atoms with Crippen LogP contribution in [0.5, 0.6) is 0 Å². The first kappa shape index (κ1) is 20.7. The van der Waals surface area contributed by atoms with Gasteiger partial charge in [-0.2, -0.15) is 13.2 Å². The Morgan fingerprint density at radius 2 is 1.96 bits per heavy atom. The van der Waals surface area contributed by atoms with Crippen LogP contribution in [0.15, 0.2) is 24.3 Å². The molecule has 1 aliphatic rings. The predicted molar refractivity (Wildman–Crippen MR) is 87.4 cm³/mol. The molecule has 8 heteroatoms. The third-order valence-corrected chi connectivity index (χ3v) is 4.21.